The van der Waals surface area contributed by atoms with Crippen molar-refractivity contribution < 1.29 is 4.74 Å². The van der Waals surface area contributed by atoms with Crippen LogP contribution in [-0.4, -0.2) is 13.7 Å². The number of benzene rings is 2. The highest BCUT2D eigenvalue weighted by atomic mass is 32.1. The standard InChI is InChI=1S/C18H19NOS/c1-3-19-17(18-16(20-2)10-11-21-18)15-9-8-13-6-4-5-7-14(13)12-15/h4-12,17,19H,3H2,1-2H3. The van der Waals surface area contributed by atoms with Crippen molar-refractivity contribution in [3.8, 4) is 5.75 Å². The molecule has 0 saturated carbocycles. The van der Waals surface area contributed by atoms with Crippen molar-refractivity contribution in [2.75, 3.05) is 13.7 Å². The van der Waals surface area contributed by atoms with E-state index in [1.165, 1.54) is 21.2 Å². The second-order valence-corrected chi connectivity index (χ2v) is 5.90. The van der Waals surface area contributed by atoms with Gasteiger partial charge in [-0.05, 0) is 40.4 Å². The molecule has 2 nitrogen and oxygen atoms in total. The van der Waals surface area contributed by atoms with Gasteiger partial charge in [0.2, 0.25) is 0 Å². The van der Waals surface area contributed by atoms with Gasteiger partial charge in [-0.15, -0.1) is 11.3 Å². The zero-order valence-electron chi connectivity index (χ0n) is 12.3. The monoisotopic (exact) mass is 297 g/mol. The summed E-state index contributed by atoms with van der Waals surface area (Å²) in [5.74, 6) is 0.958. The molecule has 3 rings (SSSR count). The molecule has 3 heteroatoms. The average Bonchev–Trinajstić information content (AvgIpc) is 3.00. The Morgan fingerprint density at radius 2 is 1.90 bits per heavy atom. The second-order valence-electron chi connectivity index (χ2n) is 4.95. The summed E-state index contributed by atoms with van der Waals surface area (Å²) in [6.45, 7) is 3.05. The molecule has 1 atom stereocenters. The topological polar surface area (TPSA) is 21.3 Å². The van der Waals surface area contributed by atoms with Crippen LogP contribution in [0.25, 0.3) is 10.8 Å². The smallest absolute Gasteiger partial charge is 0.134 e. The van der Waals surface area contributed by atoms with Crippen molar-refractivity contribution in [3.05, 3.63) is 64.4 Å². The molecule has 3 aromatic rings. The molecule has 0 fully saturated rings. The van der Waals surface area contributed by atoms with Crippen LogP contribution in [0.2, 0.25) is 0 Å². The van der Waals surface area contributed by atoms with Gasteiger partial charge >= 0.3 is 0 Å². The van der Waals surface area contributed by atoms with Crippen molar-refractivity contribution in [2.45, 2.75) is 13.0 Å². The first-order valence-electron chi connectivity index (χ1n) is 7.17. The molecule has 21 heavy (non-hydrogen) atoms. The van der Waals surface area contributed by atoms with Gasteiger partial charge in [-0.25, -0.2) is 0 Å². The minimum absolute atomic E-state index is 0.176. The third kappa shape index (κ3) is 2.80. The van der Waals surface area contributed by atoms with Crippen molar-refractivity contribution in [1.82, 2.24) is 5.32 Å². The maximum absolute atomic E-state index is 5.49. The van der Waals surface area contributed by atoms with Crippen molar-refractivity contribution in [2.24, 2.45) is 0 Å². The molecule has 0 aliphatic carbocycles. The van der Waals surface area contributed by atoms with Gasteiger partial charge in [-0.2, -0.15) is 0 Å². The Balaban J connectivity index is 2.06. The number of hydrogen-bond donors (Lipinski definition) is 1. The molecule has 0 saturated heterocycles. The van der Waals surface area contributed by atoms with Crippen LogP contribution in [0.1, 0.15) is 23.4 Å². The van der Waals surface area contributed by atoms with Gasteiger partial charge in [-0.1, -0.05) is 43.3 Å². The molecule has 1 unspecified atom stereocenters. The van der Waals surface area contributed by atoms with Gasteiger partial charge in [0.15, 0.2) is 0 Å². The average molecular weight is 297 g/mol. The minimum Gasteiger partial charge on any atom is -0.496 e. The first-order chi connectivity index (χ1) is 10.3. The van der Waals surface area contributed by atoms with E-state index >= 15 is 0 Å². The molecule has 0 amide bonds. The molecule has 108 valence electrons. The number of hydrogen-bond acceptors (Lipinski definition) is 3. The lowest BCUT2D eigenvalue weighted by Crippen LogP contribution is -2.21. The number of rotatable bonds is 5. The second kappa shape index (κ2) is 6.29. The maximum Gasteiger partial charge on any atom is 0.134 e. The van der Waals surface area contributed by atoms with Crippen molar-refractivity contribution in [1.29, 1.82) is 0 Å². The summed E-state index contributed by atoms with van der Waals surface area (Å²) in [5, 5.41) is 8.20. The summed E-state index contributed by atoms with van der Waals surface area (Å²) in [6.07, 6.45) is 0. The third-order valence-electron chi connectivity index (χ3n) is 3.65. The fourth-order valence-corrected chi connectivity index (χ4v) is 3.60. The molecular formula is C18H19NOS. The first kappa shape index (κ1) is 14.1. The van der Waals surface area contributed by atoms with Gasteiger partial charge in [0.25, 0.3) is 0 Å². The number of methoxy groups -OCH3 is 1. The molecule has 1 N–H and O–H groups in total. The highest BCUT2D eigenvalue weighted by Gasteiger charge is 2.19. The van der Waals surface area contributed by atoms with Crippen LogP contribution in [0, 0.1) is 0 Å². The highest BCUT2D eigenvalue weighted by Crippen LogP contribution is 2.35. The Bertz CT molecular complexity index is 735. The molecule has 1 heterocycles. The van der Waals surface area contributed by atoms with Crippen molar-refractivity contribution >= 4 is 22.1 Å². The summed E-state index contributed by atoms with van der Waals surface area (Å²) in [4.78, 5) is 1.23. The van der Waals surface area contributed by atoms with Crippen LogP contribution in [0.15, 0.2) is 53.9 Å². The summed E-state index contributed by atoms with van der Waals surface area (Å²) >= 11 is 1.73. The SMILES string of the molecule is CCNC(c1ccc2ccccc2c1)c1sccc1OC. The van der Waals surface area contributed by atoms with E-state index in [1.807, 2.05) is 6.07 Å². The predicted octanol–water partition coefficient (Wildman–Crippen LogP) is 4.61. The Morgan fingerprint density at radius 3 is 2.67 bits per heavy atom. The number of fused-ring (bicyclic) bond motifs is 1. The molecule has 0 spiro atoms. The summed E-state index contributed by atoms with van der Waals surface area (Å²) in [5.41, 5.74) is 1.27. The molecule has 0 radical (unpaired) electrons. The van der Waals surface area contributed by atoms with Crippen LogP contribution in [0.3, 0.4) is 0 Å². The predicted molar refractivity (Wildman–Crippen MR) is 90.3 cm³/mol. The lowest BCUT2D eigenvalue weighted by atomic mass is 10.0. The van der Waals surface area contributed by atoms with E-state index in [-0.39, 0.29) is 6.04 Å². The van der Waals surface area contributed by atoms with E-state index in [0.29, 0.717) is 0 Å². The summed E-state index contributed by atoms with van der Waals surface area (Å²) < 4.78 is 5.49. The van der Waals surface area contributed by atoms with Crippen LogP contribution in [-0.2, 0) is 0 Å². The van der Waals surface area contributed by atoms with E-state index < -0.39 is 0 Å². The molecule has 1 aromatic heterocycles. The summed E-state index contributed by atoms with van der Waals surface area (Å²) in [7, 11) is 1.73. The summed E-state index contributed by atoms with van der Waals surface area (Å²) in [6, 6.07) is 17.3. The normalized spacial score (nSPS) is 12.5. The molecule has 0 aliphatic heterocycles. The zero-order valence-corrected chi connectivity index (χ0v) is 13.1. The van der Waals surface area contributed by atoms with E-state index in [2.05, 4.69) is 60.1 Å². The lowest BCUT2D eigenvalue weighted by molar-refractivity contribution is 0.408. The number of thiophene rings is 1. The van der Waals surface area contributed by atoms with Crippen LogP contribution in [0.5, 0.6) is 5.75 Å². The van der Waals surface area contributed by atoms with Gasteiger partial charge in [-0.3, -0.25) is 0 Å². The zero-order chi connectivity index (χ0) is 14.7. The minimum atomic E-state index is 0.176. The maximum atomic E-state index is 5.49. The highest BCUT2D eigenvalue weighted by molar-refractivity contribution is 7.10. The Hall–Kier alpha value is -1.84. The molecule has 0 aliphatic rings. The first-order valence-corrected chi connectivity index (χ1v) is 8.05. The van der Waals surface area contributed by atoms with Crippen LogP contribution < -0.4 is 10.1 Å². The Labute approximate surface area is 129 Å². The fourth-order valence-electron chi connectivity index (χ4n) is 2.64. The van der Waals surface area contributed by atoms with E-state index in [9.17, 15) is 0 Å². The van der Waals surface area contributed by atoms with Gasteiger partial charge < -0.3 is 10.1 Å². The van der Waals surface area contributed by atoms with E-state index in [0.717, 1.165) is 12.3 Å². The molecular weight excluding hydrogens is 278 g/mol. The molecule has 0 bridgehead atoms. The Kier molecular flexibility index (Phi) is 4.23. The quantitative estimate of drug-likeness (QED) is 0.742. The Morgan fingerprint density at radius 1 is 1.10 bits per heavy atom. The van der Waals surface area contributed by atoms with E-state index in [4.69, 9.17) is 4.74 Å². The number of ether oxygens (including phenoxy) is 1. The third-order valence-corrected chi connectivity index (χ3v) is 4.62. The lowest BCUT2D eigenvalue weighted by Gasteiger charge is -2.19. The van der Waals surface area contributed by atoms with Crippen LogP contribution >= 0.6 is 11.3 Å². The van der Waals surface area contributed by atoms with Crippen molar-refractivity contribution in [3.63, 3.8) is 0 Å². The molecule has 2 aromatic carbocycles. The van der Waals surface area contributed by atoms with Gasteiger partial charge in [0.05, 0.1) is 18.0 Å². The largest absolute Gasteiger partial charge is 0.496 e. The van der Waals surface area contributed by atoms with Gasteiger partial charge in [0.1, 0.15) is 5.75 Å². The van der Waals surface area contributed by atoms with Gasteiger partial charge in [0, 0.05) is 0 Å². The van der Waals surface area contributed by atoms with Crippen LogP contribution in [0.4, 0.5) is 0 Å². The van der Waals surface area contributed by atoms with E-state index in [1.54, 1.807) is 18.4 Å². The fraction of sp³-hybridized carbons (Fsp3) is 0.222. The number of nitrogens with one attached hydrogen (secondary N) is 1.